The summed E-state index contributed by atoms with van der Waals surface area (Å²) >= 11 is 12.5. The molecule has 0 radical (unpaired) electrons. The molecular weight excluding hydrogens is 419 g/mol. The van der Waals surface area contributed by atoms with E-state index >= 15 is 0 Å². The Bertz CT molecular complexity index is 1180. The maximum Gasteiger partial charge on any atom is 0.223 e. The van der Waals surface area contributed by atoms with E-state index in [1.165, 1.54) is 0 Å². The summed E-state index contributed by atoms with van der Waals surface area (Å²) in [5.41, 5.74) is 3.38. The molecule has 3 aromatic rings. The lowest BCUT2D eigenvalue weighted by Gasteiger charge is -2.42. The summed E-state index contributed by atoms with van der Waals surface area (Å²) in [5.74, 6) is 0.0902. The third-order valence-electron chi connectivity index (χ3n) is 5.52. The minimum Gasteiger partial charge on any atom is -0.335 e. The smallest absolute Gasteiger partial charge is 0.223 e. The van der Waals surface area contributed by atoms with Gasteiger partial charge in [0.1, 0.15) is 0 Å². The third kappa shape index (κ3) is 3.94. The highest BCUT2D eigenvalue weighted by molar-refractivity contribution is 6.42. The standard InChI is InChI=1S/C23H20Cl2N4O/c1-15(14-29-20-7-6-16(12-26)11-17(20)13-27-29)5-8-22(30)28-10-9-21(28)18-3-2-4-19(24)23(18)25/h2-4,6-7,11,13,21H,1,5,8-10,14H2. The molecule has 1 aromatic heterocycles. The number of carbonyl (C=O) groups excluding carboxylic acids is 1. The zero-order valence-electron chi connectivity index (χ0n) is 16.3. The molecule has 7 heteroatoms. The number of hydrogen-bond acceptors (Lipinski definition) is 3. The largest absolute Gasteiger partial charge is 0.335 e. The van der Waals surface area contributed by atoms with E-state index < -0.39 is 0 Å². The van der Waals surface area contributed by atoms with Crippen molar-refractivity contribution in [2.24, 2.45) is 0 Å². The number of allylic oxidation sites excluding steroid dienone is 1. The first kappa shape index (κ1) is 20.5. The van der Waals surface area contributed by atoms with E-state index in [9.17, 15) is 4.79 Å². The molecule has 1 saturated heterocycles. The lowest BCUT2D eigenvalue weighted by atomic mass is 9.93. The Balaban J connectivity index is 1.36. The summed E-state index contributed by atoms with van der Waals surface area (Å²) in [7, 11) is 0. The summed E-state index contributed by atoms with van der Waals surface area (Å²) in [4.78, 5) is 14.6. The van der Waals surface area contributed by atoms with Gasteiger partial charge in [0.05, 0.1) is 46.0 Å². The third-order valence-corrected chi connectivity index (χ3v) is 6.35. The highest BCUT2D eigenvalue weighted by Gasteiger charge is 2.34. The van der Waals surface area contributed by atoms with E-state index in [1.807, 2.05) is 33.8 Å². The van der Waals surface area contributed by atoms with Crippen LogP contribution in [0.15, 0.2) is 54.7 Å². The van der Waals surface area contributed by atoms with Crippen molar-refractivity contribution >= 4 is 40.0 Å². The van der Waals surface area contributed by atoms with Crippen LogP contribution in [0, 0.1) is 11.3 Å². The van der Waals surface area contributed by atoms with E-state index in [0.717, 1.165) is 35.0 Å². The van der Waals surface area contributed by atoms with Crippen LogP contribution in [-0.4, -0.2) is 27.1 Å². The minimum absolute atomic E-state index is 0.0126. The van der Waals surface area contributed by atoms with Crippen LogP contribution >= 0.6 is 23.2 Å². The van der Waals surface area contributed by atoms with Gasteiger partial charge in [0.2, 0.25) is 5.91 Å². The number of hydrogen-bond donors (Lipinski definition) is 0. The molecule has 1 fully saturated rings. The molecule has 1 aliphatic heterocycles. The van der Waals surface area contributed by atoms with Crippen molar-refractivity contribution < 1.29 is 4.79 Å². The van der Waals surface area contributed by atoms with Crippen molar-refractivity contribution in [3.8, 4) is 6.07 Å². The lowest BCUT2D eigenvalue weighted by Crippen LogP contribution is -2.45. The SMILES string of the molecule is C=C(CCC(=O)N1CCC1c1cccc(Cl)c1Cl)Cn1ncc2cc(C#N)ccc21. The van der Waals surface area contributed by atoms with E-state index in [4.69, 9.17) is 28.5 Å². The van der Waals surface area contributed by atoms with Gasteiger partial charge in [-0.1, -0.05) is 47.5 Å². The number of aromatic nitrogens is 2. The first-order valence-electron chi connectivity index (χ1n) is 9.73. The van der Waals surface area contributed by atoms with Gasteiger partial charge in [-0.3, -0.25) is 9.48 Å². The van der Waals surface area contributed by atoms with Gasteiger partial charge in [-0.25, -0.2) is 0 Å². The van der Waals surface area contributed by atoms with Gasteiger partial charge in [0.25, 0.3) is 0 Å². The molecule has 0 saturated carbocycles. The molecule has 0 aliphatic carbocycles. The average Bonchev–Trinajstić information content (AvgIpc) is 3.10. The fraction of sp³-hybridized carbons (Fsp3) is 0.261. The van der Waals surface area contributed by atoms with Gasteiger partial charge in [0.15, 0.2) is 0 Å². The summed E-state index contributed by atoms with van der Waals surface area (Å²) in [6.07, 6.45) is 3.61. The second-order valence-electron chi connectivity index (χ2n) is 7.47. The Labute approximate surface area is 185 Å². The number of amides is 1. The minimum atomic E-state index is -0.0126. The second-order valence-corrected chi connectivity index (χ2v) is 8.26. The van der Waals surface area contributed by atoms with Crippen LogP contribution < -0.4 is 0 Å². The number of carbonyl (C=O) groups is 1. The highest BCUT2D eigenvalue weighted by Crippen LogP contribution is 2.40. The van der Waals surface area contributed by atoms with Crippen molar-refractivity contribution in [1.82, 2.24) is 14.7 Å². The molecule has 0 bridgehead atoms. The quantitative estimate of drug-likeness (QED) is 0.475. The Hall–Kier alpha value is -2.81. The number of nitriles is 1. The summed E-state index contributed by atoms with van der Waals surface area (Å²) < 4.78 is 1.85. The Morgan fingerprint density at radius 1 is 1.27 bits per heavy atom. The fourth-order valence-electron chi connectivity index (χ4n) is 3.79. The Kier molecular flexibility index (Phi) is 5.80. The summed E-state index contributed by atoms with van der Waals surface area (Å²) in [6.45, 7) is 5.39. The predicted octanol–water partition coefficient (Wildman–Crippen LogP) is 5.52. The zero-order valence-corrected chi connectivity index (χ0v) is 17.8. The normalized spacial score (nSPS) is 15.6. The highest BCUT2D eigenvalue weighted by atomic mass is 35.5. The van der Waals surface area contributed by atoms with E-state index in [1.54, 1.807) is 18.3 Å². The average molecular weight is 439 g/mol. The van der Waals surface area contributed by atoms with Crippen LogP contribution in [0.4, 0.5) is 0 Å². The van der Waals surface area contributed by atoms with Crippen LogP contribution in [0.25, 0.3) is 10.9 Å². The van der Waals surface area contributed by atoms with Gasteiger partial charge in [-0.2, -0.15) is 10.4 Å². The molecule has 152 valence electrons. The molecule has 4 rings (SSSR count). The molecule has 2 aromatic carbocycles. The van der Waals surface area contributed by atoms with Crippen LogP contribution in [0.2, 0.25) is 10.0 Å². The van der Waals surface area contributed by atoms with Crippen LogP contribution in [-0.2, 0) is 11.3 Å². The molecular formula is C23H20Cl2N4O. The molecule has 30 heavy (non-hydrogen) atoms. The Morgan fingerprint density at radius 2 is 2.10 bits per heavy atom. The van der Waals surface area contributed by atoms with Gasteiger partial charge in [0, 0.05) is 18.4 Å². The topological polar surface area (TPSA) is 61.9 Å². The molecule has 5 nitrogen and oxygen atoms in total. The molecule has 0 spiro atoms. The van der Waals surface area contributed by atoms with Crippen molar-refractivity contribution in [2.75, 3.05) is 6.54 Å². The number of fused-ring (bicyclic) bond motifs is 1. The number of rotatable bonds is 6. The maximum absolute atomic E-state index is 12.8. The van der Waals surface area contributed by atoms with Crippen LogP contribution in [0.3, 0.4) is 0 Å². The zero-order chi connectivity index (χ0) is 21.3. The Morgan fingerprint density at radius 3 is 2.83 bits per heavy atom. The predicted molar refractivity (Wildman–Crippen MR) is 118 cm³/mol. The molecule has 1 aliphatic rings. The molecule has 1 atom stereocenters. The molecule has 1 unspecified atom stereocenters. The first-order valence-corrected chi connectivity index (χ1v) is 10.5. The van der Waals surface area contributed by atoms with Crippen molar-refractivity contribution in [1.29, 1.82) is 5.26 Å². The number of benzene rings is 2. The van der Waals surface area contributed by atoms with Crippen LogP contribution in [0.1, 0.15) is 36.4 Å². The van der Waals surface area contributed by atoms with E-state index in [2.05, 4.69) is 17.7 Å². The van der Waals surface area contributed by atoms with E-state index in [0.29, 0.717) is 35.0 Å². The summed E-state index contributed by atoms with van der Waals surface area (Å²) in [5, 5.41) is 15.4. The first-order chi connectivity index (χ1) is 14.5. The van der Waals surface area contributed by atoms with Gasteiger partial charge < -0.3 is 4.90 Å². The van der Waals surface area contributed by atoms with Gasteiger partial charge in [-0.15, -0.1) is 0 Å². The fourth-order valence-corrected chi connectivity index (χ4v) is 4.22. The number of halogens is 2. The number of nitrogens with zero attached hydrogens (tertiary/aromatic N) is 4. The van der Waals surface area contributed by atoms with Crippen molar-refractivity contribution in [2.45, 2.75) is 31.8 Å². The lowest BCUT2D eigenvalue weighted by molar-refractivity contribution is -0.139. The van der Waals surface area contributed by atoms with Gasteiger partial charge in [-0.05, 0) is 42.7 Å². The number of likely N-dealkylation sites (tertiary alicyclic amines) is 1. The monoisotopic (exact) mass is 438 g/mol. The molecule has 1 amide bonds. The molecule has 0 N–H and O–H groups in total. The van der Waals surface area contributed by atoms with Crippen LogP contribution in [0.5, 0.6) is 0 Å². The van der Waals surface area contributed by atoms with Crippen molar-refractivity contribution in [3.63, 3.8) is 0 Å². The van der Waals surface area contributed by atoms with Gasteiger partial charge >= 0.3 is 0 Å². The summed E-state index contributed by atoms with van der Waals surface area (Å²) in [6, 6.07) is 13.1. The second kappa shape index (κ2) is 8.51. The van der Waals surface area contributed by atoms with E-state index in [-0.39, 0.29) is 11.9 Å². The maximum atomic E-state index is 12.8. The van der Waals surface area contributed by atoms with Crippen molar-refractivity contribution in [3.05, 3.63) is 75.9 Å². The molecule has 2 heterocycles.